The Hall–Kier alpha value is -7.42. The zero-order chi connectivity index (χ0) is 70.3. The van der Waals surface area contributed by atoms with Crippen LogP contribution in [0.25, 0.3) is 72.0 Å². The van der Waals surface area contributed by atoms with E-state index in [1.54, 1.807) is 0 Å². The molecule has 0 atom stereocenters. The molecule has 9 aromatic carbocycles. The molecule has 2 heteroatoms. The summed E-state index contributed by atoms with van der Waals surface area (Å²) in [6.07, 6.45) is 0. The van der Waals surface area contributed by atoms with Gasteiger partial charge in [0.2, 0.25) is 0 Å². The summed E-state index contributed by atoms with van der Waals surface area (Å²) in [5.41, 5.74) is -14.2. The average Bonchev–Trinajstić information content (AvgIpc) is 1.44. The van der Waals surface area contributed by atoms with Crippen molar-refractivity contribution < 1.29 is 52.1 Å². The summed E-state index contributed by atoms with van der Waals surface area (Å²) < 4.78 is 342. The standard InChI is InChI=1S/C54H38N2/c1-4-13-39(14-5-1)41-23-25-42(26-24-41)44-29-34-49(35-30-44)55(48-32-27-43(28-33-48)40-15-6-2-7-16-40)50-20-12-17-45(37-50)46-31-36-54-52(38-46)51-21-10-11-22-53(51)56(54)47-18-8-3-9-19-47/h1-38H/i1D,2D,3D,4D,5D,6D,7D,8D,9D,10D,11D,12D,13D,14D,15D,16D,17D,18D,19D,20D,21D,22D,23D,24D,25D,26D,27D,28D,29D,30D,31D,32D,33D,34D,35D,36D,37D,38D. The number of para-hydroxylation sites is 2. The van der Waals surface area contributed by atoms with E-state index in [0.29, 0.717) is 4.57 Å². The Morgan fingerprint density at radius 2 is 0.696 bits per heavy atom. The van der Waals surface area contributed by atoms with Crippen LogP contribution in [-0.2, 0) is 0 Å². The monoisotopic (exact) mass is 753 g/mol. The van der Waals surface area contributed by atoms with Crippen molar-refractivity contribution in [3.8, 4) is 50.2 Å². The fourth-order valence-electron chi connectivity index (χ4n) is 5.52. The van der Waals surface area contributed by atoms with Gasteiger partial charge in [0, 0.05) is 33.5 Å². The molecular weight excluding hydrogens is 677 g/mol. The molecule has 264 valence electrons. The molecular formula is C54H38N2. The molecule has 0 spiro atoms. The van der Waals surface area contributed by atoms with E-state index in [9.17, 15) is 20.6 Å². The Balaban J connectivity index is 1.38. The Bertz CT molecular complexity index is 5010. The second kappa shape index (κ2) is 14.4. The van der Waals surface area contributed by atoms with Crippen LogP contribution in [-0.4, -0.2) is 4.57 Å². The lowest BCUT2D eigenvalue weighted by molar-refractivity contribution is 1.18. The van der Waals surface area contributed by atoms with Crippen molar-refractivity contribution in [1.82, 2.24) is 4.57 Å². The maximum atomic E-state index is 10.0. The minimum absolute atomic E-state index is 0.188. The minimum Gasteiger partial charge on any atom is -0.310 e. The van der Waals surface area contributed by atoms with Crippen LogP contribution in [0, 0.1) is 0 Å². The molecule has 0 aliphatic rings. The smallest absolute Gasteiger partial charge is 0.0651 e. The van der Waals surface area contributed by atoms with Crippen molar-refractivity contribution in [1.29, 1.82) is 0 Å². The summed E-state index contributed by atoms with van der Waals surface area (Å²) in [6.45, 7) is 0. The normalized spacial score (nSPS) is 20.7. The number of benzene rings is 9. The first kappa shape index (κ1) is 12.0. The zero-order valence-electron chi connectivity index (χ0n) is 65.9. The number of nitrogens with zero attached hydrogens (tertiary/aromatic N) is 2. The SMILES string of the molecule is [2H]c1c([2H])c([2H])c(-c2c([2H])c([2H])c(-c3c([2H])c([2H])c(N(c4c([2H])c([2H])c(-c5c([2H])c([2H])c([2H])c([2H])c5[2H])c([2H])c4[2H])c4c([2H])c([2H])c([2H])c(-c5c([2H])c([2H])c6c(c5[2H])c5c([2H])c([2H])c([2H])c([2H])c5n6-c5c([2H])c([2H])c([2H])c([2H])c5[2H])c4[2H])c([2H])c3[2H])c([2H])c2[2H])c([2H])c1[2H]. The number of hydrogen-bond donors (Lipinski definition) is 0. The van der Waals surface area contributed by atoms with Crippen molar-refractivity contribution in [3.63, 3.8) is 0 Å². The summed E-state index contributed by atoms with van der Waals surface area (Å²) >= 11 is 0. The van der Waals surface area contributed by atoms with Crippen LogP contribution in [0.15, 0.2) is 230 Å². The lowest BCUT2D eigenvalue weighted by Gasteiger charge is -2.26. The van der Waals surface area contributed by atoms with E-state index in [4.69, 9.17) is 31.5 Å². The molecule has 10 aromatic rings. The minimum atomic E-state index is -1.43. The Kier molecular flexibility index (Phi) is 3.10. The second-order valence-corrected chi connectivity index (χ2v) is 11.3. The largest absolute Gasteiger partial charge is 0.310 e. The third kappa shape index (κ3) is 6.24. The summed E-state index contributed by atoms with van der Waals surface area (Å²) in [6, 6.07) is -43.0. The zero-order valence-corrected chi connectivity index (χ0v) is 27.9. The van der Waals surface area contributed by atoms with Crippen LogP contribution in [0.4, 0.5) is 17.1 Å². The van der Waals surface area contributed by atoms with Gasteiger partial charge in [-0.1, -0.05) is 163 Å². The molecule has 0 aliphatic carbocycles. The molecule has 10 rings (SSSR count). The van der Waals surface area contributed by atoms with Gasteiger partial charge in [-0.05, 0) is 111 Å². The van der Waals surface area contributed by atoms with E-state index >= 15 is 0 Å². The maximum Gasteiger partial charge on any atom is 0.0651 e. The maximum absolute atomic E-state index is 10.0. The van der Waals surface area contributed by atoms with Gasteiger partial charge in [0.05, 0.1) is 63.1 Å². The van der Waals surface area contributed by atoms with Crippen molar-refractivity contribution in [2.75, 3.05) is 4.90 Å². The van der Waals surface area contributed by atoms with Gasteiger partial charge in [-0.15, -0.1) is 0 Å². The first-order valence-corrected chi connectivity index (χ1v) is 16.1. The molecule has 0 bridgehead atoms. The molecule has 0 aliphatic heterocycles. The molecule has 0 saturated carbocycles. The molecule has 0 unspecified atom stereocenters. The number of rotatable bonds is 8. The van der Waals surface area contributed by atoms with Crippen LogP contribution < -0.4 is 4.90 Å². The lowest BCUT2D eigenvalue weighted by Crippen LogP contribution is -2.10. The number of hydrogen-bond acceptors (Lipinski definition) is 1. The number of anilines is 3. The van der Waals surface area contributed by atoms with Gasteiger partial charge in [0.15, 0.2) is 0 Å². The van der Waals surface area contributed by atoms with Crippen LogP contribution in [0.1, 0.15) is 52.1 Å². The summed E-state index contributed by atoms with van der Waals surface area (Å²) in [5.74, 6) is 0. The topological polar surface area (TPSA) is 8.17 Å². The molecule has 0 radical (unpaired) electrons. The number of aromatic nitrogens is 1. The third-order valence-corrected chi connectivity index (χ3v) is 8.00. The quantitative estimate of drug-likeness (QED) is 0.150. The first-order chi connectivity index (χ1) is 43.6. The molecule has 0 fully saturated rings. The molecule has 56 heavy (non-hydrogen) atoms. The van der Waals surface area contributed by atoms with E-state index in [-0.39, 0.29) is 4.90 Å². The fraction of sp³-hybridized carbons (Fsp3) is 0. The third-order valence-electron chi connectivity index (χ3n) is 8.00. The highest BCUT2D eigenvalue weighted by atomic mass is 15.1. The molecule has 1 aromatic heterocycles. The van der Waals surface area contributed by atoms with E-state index in [1.165, 1.54) is 0 Å². The predicted molar refractivity (Wildman–Crippen MR) is 237 cm³/mol. The summed E-state index contributed by atoms with van der Waals surface area (Å²) in [5, 5.41) is -1.47. The molecule has 2 nitrogen and oxygen atoms in total. The van der Waals surface area contributed by atoms with Gasteiger partial charge in [-0.3, -0.25) is 0 Å². The fourth-order valence-corrected chi connectivity index (χ4v) is 5.52. The molecule has 0 saturated heterocycles. The molecule has 1 heterocycles. The summed E-state index contributed by atoms with van der Waals surface area (Å²) in [7, 11) is 0. The first-order valence-electron chi connectivity index (χ1n) is 35.1. The Morgan fingerprint density at radius 1 is 0.286 bits per heavy atom. The average molecular weight is 753 g/mol. The van der Waals surface area contributed by atoms with Gasteiger partial charge in [-0.2, -0.15) is 0 Å². The van der Waals surface area contributed by atoms with Gasteiger partial charge < -0.3 is 9.47 Å². The highest BCUT2D eigenvalue weighted by Gasteiger charge is 2.16. The predicted octanol–water partition coefficient (Wildman–Crippen LogP) is 14.9. The van der Waals surface area contributed by atoms with Crippen molar-refractivity contribution in [3.05, 3.63) is 230 Å². The molecule has 0 amide bonds. The highest BCUT2D eigenvalue weighted by molar-refractivity contribution is 6.10. The van der Waals surface area contributed by atoms with Crippen molar-refractivity contribution in [2.45, 2.75) is 0 Å². The van der Waals surface area contributed by atoms with E-state index in [1.807, 2.05) is 0 Å². The second-order valence-electron chi connectivity index (χ2n) is 11.3. The Labute approximate surface area is 381 Å². The van der Waals surface area contributed by atoms with Crippen molar-refractivity contribution in [2.24, 2.45) is 0 Å². The van der Waals surface area contributed by atoms with E-state index < -0.39 is 319 Å². The van der Waals surface area contributed by atoms with Gasteiger partial charge in [0.1, 0.15) is 0 Å². The van der Waals surface area contributed by atoms with E-state index in [0.717, 1.165) is 0 Å². The van der Waals surface area contributed by atoms with Gasteiger partial charge >= 0.3 is 0 Å². The van der Waals surface area contributed by atoms with Crippen molar-refractivity contribution >= 4 is 38.9 Å². The van der Waals surface area contributed by atoms with Crippen LogP contribution in [0.5, 0.6) is 0 Å². The molecule has 0 N–H and O–H groups in total. The Morgan fingerprint density at radius 3 is 1.27 bits per heavy atom. The van der Waals surface area contributed by atoms with Crippen LogP contribution in [0.2, 0.25) is 0 Å². The van der Waals surface area contributed by atoms with Crippen LogP contribution >= 0.6 is 0 Å². The van der Waals surface area contributed by atoms with E-state index in [2.05, 4.69) is 0 Å². The lowest BCUT2D eigenvalue weighted by atomic mass is 9.99. The highest BCUT2D eigenvalue weighted by Crippen LogP contribution is 2.40. The van der Waals surface area contributed by atoms with Gasteiger partial charge in [0.25, 0.3) is 0 Å². The number of fused-ring (bicyclic) bond motifs is 3. The van der Waals surface area contributed by atoms with Gasteiger partial charge in [-0.25, -0.2) is 0 Å². The summed E-state index contributed by atoms with van der Waals surface area (Å²) in [4.78, 5) is 0.188. The van der Waals surface area contributed by atoms with Crippen LogP contribution in [0.3, 0.4) is 0 Å².